The number of carbonyl (C=O) groups is 2. The zero-order chi connectivity index (χ0) is 29.1. The molecule has 1 aliphatic carbocycles. The van der Waals surface area contributed by atoms with Crippen LogP contribution in [0.2, 0.25) is 0 Å². The zero-order valence-corrected chi connectivity index (χ0v) is 30.7. The standard InChI is InChI=1S/C22H12Br2S2.C10H2Br2O2S2/c23-17-11-15-19(13-7-3-1-4-8-13)21-16(12-18(24)25-21)20(22(15)26-17)14-9-5-2-6-10-14;11-5-1-3-7(13)10-4(2-6(12)16-10)8(14)9(3)15-5/h1-12H;1-2H. The predicted molar refractivity (Wildman–Crippen MR) is 194 cm³/mol. The van der Waals surface area contributed by atoms with E-state index in [1.807, 2.05) is 22.7 Å². The van der Waals surface area contributed by atoms with Crippen molar-refractivity contribution in [3.05, 3.63) is 121 Å². The van der Waals surface area contributed by atoms with E-state index in [0.717, 1.165) is 7.57 Å². The van der Waals surface area contributed by atoms with Crippen LogP contribution in [0.4, 0.5) is 0 Å². The molecular formula is C32H14Br4O2S4. The summed E-state index contributed by atoms with van der Waals surface area (Å²) in [6, 6.07) is 29.4. The van der Waals surface area contributed by atoms with Gasteiger partial charge in [0.25, 0.3) is 0 Å². The maximum absolute atomic E-state index is 12.1. The minimum Gasteiger partial charge on any atom is -0.288 e. The number of hydrogen-bond donors (Lipinski definition) is 0. The van der Waals surface area contributed by atoms with E-state index >= 15 is 0 Å². The first-order chi connectivity index (χ1) is 20.3. The van der Waals surface area contributed by atoms with Gasteiger partial charge in [0.15, 0.2) is 0 Å². The smallest absolute Gasteiger partial charge is 0.205 e. The zero-order valence-electron chi connectivity index (χ0n) is 21.0. The molecule has 10 heteroatoms. The van der Waals surface area contributed by atoms with Crippen LogP contribution in [0.3, 0.4) is 0 Å². The Morgan fingerprint density at radius 3 is 1.19 bits per heavy atom. The lowest BCUT2D eigenvalue weighted by atomic mass is 9.94. The number of ketones is 2. The summed E-state index contributed by atoms with van der Waals surface area (Å²) in [7, 11) is 0. The molecule has 0 saturated carbocycles. The molecule has 4 heterocycles. The lowest BCUT2D eigenvalue weighted by molar-refractivity contribution is 0.0986. The molecule has 0 radical (unpaired) electrons. The van der Waals surface area contributed by atoms with Crippen LogP contribution < -0.4 is 0 Å². The predicted octanol–water partition coefficient (Wildman–Crippen LogP) is 13.1. The summed E-state index contributed by atoms with van der Waals surface area (Å²) in [5.74, 6) is -0.107. The minimum atomic E-state index is -0.0535. The van der Waals surface area contributed by atoms with Gasteiger partial charge in [0.1, 0.15) is 0 Å². The summed E-state index contributed by atoms with van der Waals surface area (Å²) in [5.41, 5.74) is 6.22. The Bertz CT molecular complexity index is 1920. The van der Waals surface area contributed by atoms with Gasteiger partial charge in [-0.15, -0.1) is 45.3 Å². The lowest BCUT2D eigenvalue weighted by Crippen LogP contribution is -2.15. The van der Waals surface area contributed by atoms with Gasteiger partial charge in [-0.25, -0.2) is 0 Å². The first-order valence-electron chi connectivity index (χ1n) is 12.4. The molecule has 3 aromatic carbocycles. The Balaban J connectivity index is 0.000000154. The quantitative estimate of drug-likeness (QED) is 0.173. The molecule has 7 aromatic rings. The van der Waals surface area contributed by atoms with Crippen molar-refractivity contribution >= 4 is 141 Å². The van der Waals surface area contributed by atoms with Crippen LogP contribution in [0.15, 0.2) is 100 Å². The normalized spacial score (nSPS) is 12.4. The van der Waals surface area contributed by atoms with Crippen molar-refractivity contribution in [2.45, 2.75) is 0 Å². The Labute approximate surface area is 290 Å². The van der Waals surface area contributed by atoms with Crippen molar-refractivity contribution in [2.24, 2.45) is 0 Å². The highest BCUT2D eigenvalue weighted by atomic mass is 79.9. The van der Waals surface area contributed by atoms with Crippen LogP contribution in [-0.2, 0) is 0 Å². The molecule has 0 aliphatic heterocycles. The van der Waals surface area contributed by atoms with E-state index < -0.39 is 0 Å². The van der Waals surface area contributed by atoms with E-state index in [9.17, 15) is 9.59 Å². The molecule has 0 amide bonds. The van der Waals surface area contributed by atoms with Gasteiger partial charge in [-0.1, -0.05) is 60.7 Å². The summed E-state index contributed by atoms with van der Waals surface area (Å²) >= 11 is 20.3. The fraction of sp³-hybridized carbons (Fsp3) is 0. The second-order valence-corrected chi connectivity index (χ2v) is 19.0. The highest BCUT2D eigenvalue weighted by Gasteiger charge is 2.33. The third-order valence-electron chi connectivity index (χ3n) is 6.83. The molecule has 8 rings (SSSR count). The van der Waals surface area contributed by atoms with Crippen molar-refractivity contribution in [3.8, 4) is 22.3 Å². The van der Waals surface area contributed by atoms with E-state index in [0.29, 0.717) is 20.9 Å². The van der Waals surface area contributed by atoms with Crippen LogP contribution in [0.1, 0.15) is 30.5 Å². The minimum absolute atomic E-state index is 0.0535. The molecule has 0 N–H and O–H groups in total. The van der Waals surface area contributed by atoms with Gasteiger partial charge >= 0.3 is 0 Å². The Morgan fingerprint density at radius 2 is 0.810 bits per heavy atom. The average molecular weight is 878 g/mol. The molecule has 4 aromatic heterocycles. The highest BCUT2D eigenvalue weighted by Crippen LogP contribution is 2.51. The van der Waals surface area contributed by atoms with Crippen LogP contribution >= 0.6 is 109 Å². The van der Waals surface area contributed by atoms with Gasteiger partial charge in [0.2, 0.25) is 11.6 Å². The summed E-state index contributed by atoms with van der Waals surface area (Å²) in [5, 5.41) is 2.63. The lowest BCUT2D eigenvalue weighted by Gasteiger charge is -2.12. The Morgan fingerprint density at radius 1 is 0.452 bits per heavy atom. The van der Waals surface area contributed by atoms with Gasteiger partial charge in [-0.05, 0) is 99.1 Å². The molecule has 0 atom stereocenters. The highest BCUT2D eigenvalue weighted by molar-refractivity contribution is 9.11. The fourth-order valence-corrected chi connectivity index (χ4v) is 11.6. The van der Waals surface area contributed by atoms with Gasteiger partial charge in [0.05, 0.1) is 24.9 Å². The van der Waals surface area contributed by atoms with Crippen molar-refractivity contribution in [2.75, 3.05) is 0 Å². The third kappa shape index (κ3) is 5.07. The molecule has 0 bridgehead atoms. The monoisotopic (exact) mass is 874 g/mol. The average Bonchev–Trinajstić information content (AvgIpc) is 3.76. The van der Waals surface area contributed by atoms with Crippen LogP contribution in [0.25, 0.3) is 42.4 Å². The molecule has 206 valence electrons. The molecule has 0 saturated heterocycles. The van der Waals surface area contributed by atoms with E-state index in [-0.39, 0.29) is 11.6 Å². The number of benzene rings is 3. The first-order valence-corrected chi connectivity index (χ1v) is 18.9. The van der Waals surface area contributed by atoms with Crippen LogP contribution in [0, 0.1) is 0 Å². The molecule has 0 spiro atoms. The maximum atomic E-state index is 12.1. The summed E-state index contributed by atoms with van der Waals surface area (Å²) in [4.78, 5) is 25.3. The van der Waals surface area contributed by atoms with E-state index in [4.69, 9.17) is 0 Å². The second-order valence-electron chi connectivity index (χ2n) is 9.31. The topological polar surface area (TPSA) is 34.1 Å². The van der Waals surface area contributed by atoms with Gasteiger partial charge in [-0.2, -0.15) is 0 Å². The molecule has 42 heavy (non-hydrogen) atoms. The number of fused-ring (bicyclic) bond motifs is 4. The molecule has 0 unspecified atom stereocenters. The van der Waals surface area contributed by atoms with Crippen molar-refractivity contribution in [1.82, 2.24) is 0 Å². The first kappa shape index (κ1) is 29.0. The van der Waals surface area contributed by atoms with Gasteiger partial charge in [0, 0.05) is 42.4 Å². The molecular weight excluding hydrogens is 864 g/mol. The summed E-state index contributed by atoms with van der Waals surface area (Å²) in [6.07, 6.45) is 0. The van der Waals surface area contributed by atoms with Crippen LogP contribution in [-0.4, -0.2) is 11.6 Å². The fourth-order valence-electron chi connectivity index (χ4n) is 5.13. The molecule has 0 fully saturated rings. The number of hydrogen-bond acceptors (Lipinski definition) is 6. The Kier molecular flexibility index (Phi) is 8.02. The SMILES string of the molecule is Brc1cc2c(-c3ccccc3)c3sc(Br)cc3c(-c3ccccc3)c2s1.O=C1c2cc(Br)sc2C(=O)c2cc(Br)sc21. The molecule has 2 nitrogen and oxygen atoms in total. The summed E-state index contributed by atoms with van der Waals surface area (Å²) in [6.45, 7) is 0. The number of halogens is 4. The van der Waals surface area contributed by atoms with Gasteiger partial charge < -0.3 is 0 Å². The van der Waals surface area contributed by atoms with Crippen molar-refractivity contribution in [3.63, 3.8) is 0 Å². The summed E-state index contributed by atoms with van der Waals surface area (Å²) < 4.78 is 6.62. The third-order valence-corrected chi connectivity index (χ3v) is 13.4. The van der Waals surface area contributed by atoms with Crippen molar-refractivity contribution in [1.29, 1.82) is 0 Å². The number of thiophene rings is 4. The Hall–Kier alpha value is -1.76. The number of carbonyl (C=O) groups excluding carboxylic acids is 2. The van der Waals surface area contributed by atoms with Gasteiger partial charge in [-0.3, -0.25) is 9.59 Å². The largest absolute Gasteiger partial charge is 0.288 e. The number of rotatable bonds is 2. The van der Waals surface area contributed by atoms with E-state index in [1.54, 1.807) is 12.1 Å². The second kappa shape index (κ2) is 11.6. The molecule has 1 aliphatic rings. The maximum Gasteiger partial charge on any atom is 0.205 e. The van der Waals surface area contributed by atoms with Crippen molar-refractivity contribution < 1.29 is 9.59 Å². The van der Waals surface area contributed by atoms with E-state index in [1.165, 1.54) is 72.7 Å². The van der Waals surface area contributed by atoms with Crippen LogP contribution in [0.5, 0.6) is 0 Å². The van der Waals surface area contributed by atoms with E-state index in [2.05, 4.69) is 137 Å².